The number of hydrogen-bond acceptors (Lipinski definition) is 6. The highest BCUT2D eigenvalue weighted by Gasteiger charge is 2.27. The summed E-state index contributed by atoms with van der Waals surface area (Å²) in [6.07, 6.45) is 5.37. The molecular weight excluding hydrogens is 542 g/mol. The van der Waals surface area contributed by atoms with Crippen LogP contribution in [-0.4, -0.2) is 41.3 Å². The van der Waals surface area contributed by atoms with Gasteiger partial charge >= 0.3 is 18.0 Å². The van der Waals surface area contributed by atoms with Crippen molar-refractivity contribution in [2.75, 3.05) is 23.4 Å². The molecule has 1 saturated carbocycles. The van der Waals surface area contributed by atoms with E-state index >= 15 is 0 Å². The monoisotopic (exact) mass is 567 g/mol. The summed E-state index contributed by atoms with van der Waals surface area (Å²) in [7, 11) is 0. The van der Waals surface area contributed by atoms with Crippen LogP contribution in [0, 0.1) is 17.2 Å². The summed E-state index contributed by atoms with van der Waals surface area (Å²) in [5, 5.41) is 30.9. The second-order valence-corrected chi connectivity index (χ2v) is 10.5. The zero-order valence-electron chi connectivity index (χ0n) is 20.9. The number of thiophene rings is 1. The van der Waals surface area contributed by atoms with Gasteiger partial charge in [-0.15, -0.1) is 11.3 Å². The molecule has 3 N–H and O–H groups in total. The first-order valence-corrected chi connectivity index (χ1v) is 13.6. The second-order valence-electron chi connectivity index (χ2n) is 9.14. The Morgan fingerprint density at radius 1 is 1.10 bits per heavy atom. The van der Waals surface area contributed by atoms with Gasteiger partial charge in [-0.3, -0.25) is 4.90 Å². The van der Waals surface area contributed by atoms with Crippen molar-refractivity contribution in [3.8, 4) is 22.3 Å². The Hall–Kier alpha value is -4.07. The summed E-state index contributed by atoms with van der Waals surface area (Å²) in [5.74, 6) is -2.46. The molecule has 1 aliphatic carbocycles. The molecule has 39 heavy (non-hydrogen) atoms. The van der Waals surface area contributed by atoms with E-state index in [4.69, 9.17) is 21.4 Å². The Morgan fingerprint density at radius 2 is 1.85 bits per heavy atom. The predicted octanol–water partition coefficient (Wildman–Crippen LogP) is 6.72. The molecule has 0 aliphatic heterocycles. The van der Waals surface area contributed by atoms with Crippen molar-refractivity contribution in [1.82, 2.24) is 0 Å². The third-order valence-corrected chi connectivity index (χ3v) is 8.14. The minimum Gasteiger partial charge on any atom is -0.479 e. The molecule has 202 valence electrons. The molecule has 1 heterocycles. The number of benzene rings is 2. The Balaban J connectivity index is 1.70. The van der Waals surface area contributed by atoms with Gasteiger partial charge in [-0.05, 0) is 48.6 Å². The van der Waals surface area contributed by atoms with E-state index in [1.807, 2.05) is 0 Å². The fourth-order valence-electron chi connectivity index (χ4n) is 4.61. The predicted molar refractivity (Wildman–Crippen MR) is 149 cm³/mol. The molecule has 1 aliphatic rings. The zero-order chi connectivity index (χ0) is 27.9. The summed E-state index contributed by atoms with van der Waals surface area (Å²) in [6.45, 7) is -0.273. The number of rotatable bonds is 9. The van der Waals surface area contributed by atoms with Crippen molar-refractivity contribution >= 4 is 52.3 Å². The van der Waals surface area contributed by atoms with Crippen molar-refractivity contribution < 1.29 is 29.3 Å². The summed E-state index contributed by atoms with van der Waals surface area (Å²) in [4.78, 5) is 38.2. The van der Waals surface area contributed by atoms with Crippen LogP contribution >= 0.6 is 22.9 Å². The smallest absolute Gasteiger partial charge is 0.349 e. The van der Waals surface area contributed by atoms with Gasteiger partial charge in [-0.2, -0.15) is 5.26 Å². The lowest BCUT2D eigenvalue weighted by atomic mass is 9.89. The van der Waals surface area contributed by atoms with E-state index in [0.717, 1.165) is 37.0 Å². The number of carboxylic acids is 2. The van der Waals surface area contributed by atoms with E-state index in [1.54, 1.807) is 53.4 Å². The number of hydrogen-bond donors (Lipinski definition) is 3. The zero-order valence-corrected chi connectivity index (χ0v) is 22.4. The van der Waals surface area contributed by atoms with Crippen LogP contribution in [0.5, 0.6) is 5.75 Å². The fourth-order valence-corrected chi connectivity index (χ4v) is 6.01. The number of nitrogens with zero attached hydrogens (tertiary/aromatic N) is 2. The first-order chi connectivity index (χ1) is 18.8. The van der Waals surface area contributed by atoms with Crippen LogP contribution in [0.2, 0.25) is 5.02 Å². The maximum absolute atomic E-state index is 13.6. The van der Waals surface area contributed by atoms with Crippen LogP contribution in [-0.2, 0) is 4.79 Å². The quantitative estimate of drug-likeness (QED) is 0.260. The van der Waals surface area contributed by atoms with E-state index in [-0.39, 0.29) is 15.6 Å². The molecular formula is C28H26ClN3O6S. The van der Waals surface area contributed by atoms with Gasteiger partial charge in [0.15, 0.2) is 17.2 Å². The van der Waals surface area contributed by atoms with Crippen molar-refractivity contribution in [2.45, 2.75) is 32.1 Å². The highest BCUT2D eigenvalue weighted by atomic mass is 35.5. The first kappa shape index (κ1) is 28.0. The summed E-state index contributed by atoms with van der Waals surface area (Å²) in [5.41, 5.74) is 1.87. The van der Waals surface area contributed by atoms with Crippen molar-refractivity contribution in [3.05, 3.63) is 64.0 Å². The van der Waals surface area contributed by atoms with Crippen LogP contribution in [0.3, 0.4) is 0 Å². The average Bonchev–Trinajstić information content (AvgIpc) is 3.27. The molecule has 3 aromatic rings. The Morgan fingerprint density at radius 3 is 2.54 bits per heavy atom. The maximum atomic E-state index is 13.6. The van der Waals surface area contributed by atoms with Gasteiger partial charge < -0.3 is 20.3 Å². The number of carbonyl (C=O) groups excluding carboxylic acids is 1. The molecule has 0 radical (unpaired) electrons. The number of nitrogens with one attached hydrogen (secondary N) is 1. The van der Waals surface area contributed by atoms with Gasteiger partial charge in [0.25, 0.3) is 0 Å². The fraction of sp³-hybridized carbons (Fsp3) is 0.286. The number of carbonyl (C=O) groups is 3. The van der Waals surface area contributed by atoms with Gasteiger partial charge in [-0.25, -0.2) is 14.4 Å². The number of ether oxygens (including phenoxy) is 1. The van der Waals surface area contributed by atoms with Gasteiger partial charge in [0, 0.05) is 12.2 Å². The van der Waals surface area contributed by atoms with Gasteiger partial charge in [-0.1, -0.05) is 55.1 Å². The Kier molecular flexibility index (Phi) is 9.07. The number of aromatic carboxylic acids is 1. The van der Waals surface area contributed by atoms with Crippen LogP contribution in [0.15, 0.2) is 48.5 Å². The van der Waals surface area contributed by atoms with Crippen LogP contribution in [0.1, 0.15) is 47.3 Å². The highest BCUT2D eigenvalue weighted by Crippen LogP contribution is 2.46. The lowest BCUT2D eigenvalue weighted by molar-refractivity contribution is -0.139. The van der Waals surface area contributed by atoms with Crippen molar-refractivity contribution in [3.63, 3.8) is 0 Å². The first-order valence-electron chi connectivity index (χ1n) is 12.4. The molecule has 0 saturated heterocycles. The Bertz CT molecular complexity index is 1430. The molecule has 1 aromatic heterocycles. The van der Waals surface area contributed by atoms with E-state index in [2.05, 4.69) is 11.4 Å². The minimum absolute atomic E-state index is 0.0120. The molecule has 0 bridgehead atoms. The molecule has 0 unspecified atom stereocenters. The SMILES string of the molecule is N#Cc1ccccc1NC(=O)N(CC1CCCCC1)c1cccc(-c2sc(C(=O)O)c(OCC(=O)O)c2Cl)c1. The second kappa shape index (κ2) is 12.7. The van der Waals surface area contributed by atoms with E-state index < -0.39 is 24.6 Å². The minimum atomic E-state index is -1.29. The number of amides is 2. The summed E-state index contributed by atoms with van der Waals surface area (Å²) >= 11 is 7.35. The summed E-state index contributed by atoms with van der Waals surface area (Å²) in [6, 6.07) is 15.5. The number of halogens is 1. The molecule has 0 spiro atoms. The summed E-state index contributed by atoms with van der Waals surface area (Å²) < 4.78 is 5.19. The van der Waals surface area contributed by atoms with Crippen LogP contribution < -0.4 is 15.0 Å². The largest absolute Gasteiger partial charge is 0.479 e. The third-order valence-electron chi connectivity index (χ3n) is 6.46. The normalized spacial score (nSPS) is 13.3. The molecule has 0 atom stereocenters. The third kappa shape index (κ3) is 6.69. The molecule has 2 aromatic carbocycles. The van der Waals surface area contributed by atoms with Gasteiger partial charge in [0.05, 0.1) is 16.1 Å². The molecule has 4 rings (SSSR count). The van der Waals surface area contributed by atoms with E-state index in [1.165, 1.54) is 6.42 Å². The standard InChI is InChI=1S/C28H26ClN3O6S/c29-23-24(38-16-22(33)34)26(27(35)36)39-25(23)18-10-6-11-20(13-18)32(15-17-7-2-1-3-8-17)28(37)31-21-12-5-4-9-19(21)14-30/h4-6,9-13,17H,1-3,7-8,15-16H2,(H,31,37)(H,33,34)(H,35,36). The van der Waals surface area contributed by atoms with Gasteiger partial charge in [0.2, 0.25) is 0 Å². The molecule has 11 heteroatoms. The number of aliphatic carboxylic acids is 1. The average molecular weight is 568 g/mol. The number of carboxylic acid groups (broad SMARTS) is 2. The molecule has 9 nitrogen and oxygen atoms in total. The van der Waals surface area contributed by atoms with E-state index in [0.29, 0.717) is 39.8 Å². The number of nitriles is 1. The maximum Gasteiger partial charge on any atom is 0.349 e. The molecule has 2 amide bonds. The highest BCUT2D eigenvalue weighted by molar-refractivity contribution is 7.18. The lowest BCUT2D eigenvalue weighted by Crippen LogP contribution is -2.39. The lowest BCUT2D eigenvalue weighted by Gasteiger charge is -2.30. The van der Waals surface area contributed by atoms with Crippen molar-refractivity contribution in [1.29, 1.82) is 5.26 Å². The number of anilines is 2. The van der Waals surface area contributed by atoms with Crippen LogP contribution in [0.25, 0.3) is 10.4 Å². The van der Waals surface area contributed by atoms with Gasteiger partial charge in [0.1, 0.15) is 11.1 Å². The molecule has 1 fully saturated rings. The Labute approximate surface area is 234 Å². The van der Waals surface area contributed by atoms with Crippen LogP contribution in [0.4, 0.5) is 16.2 Å². The van der Waals surface area contributed by atoms with Crippen molar-refractivity contribution in [2.24, 2.45) is 5.92 Å². The van der Waals surface area contributed by atoms with E-state index in [9.17, 15) is 24.8 Å². The number of urea groups is 1. The number of para-hydroxylation sites is 1. The topological polar surface area (TPSA) is 140 Å².